The van der Waals surface area contributed by atoms with Gasteiger partial charge in [-0.25, -0.2) is 0 Å². The number of carbonyl (C=O) groups is 1. The third-order valence-corrected chi connectivity index (χ3v) is 4.32. The van der Waals surface area contributed by atoms with E-state index >= 15 is 0 Å². The van der Waals surface area contributed by atoms with Crippen LogP contribution in [0.4, 0.5) is 0 Å². The number of rotatable bonds is 7. The lowest BCUT2D eigenvalue weighted by Crippen LogP contribution is -2.36. The summed E-state index contributed by atoms with van der Waals surface area (Å²) in [6.07, 6.45) is 7.80. The van der Waals surface area contributed by atoms with E-state index in [0.717, 1.165) is 19.3 Å². The Kier molecular flexibility index (Phi) is 6.06. The van der Waals surface area contributed by atoms with Gasteiger partial charge in [-0.2, -0.15) is 0 Å². The van der Waals surface area contributed by atoms with Crippen molar-refractivity contribution in [1.82, 2.24) is 4.90 Å². The molecule has 0 aromatic carbocycles. The number of nitrogens with zero attached hydrogens (tertiary/aromatic N) is 1. The lowest BCUT2D eigenvalue weighted by Gasteiger charge is -2.37. The molecule has 2 rings (SSSR count). The number of allylic oxidation sites excluding steroid dienone is 1. The second kappa shape index (κ2) is 7.80. The highest BCUT2D eigenvalue weighted by Gasteiger charge is 2.34. The highest BCUT2D eigenvalue weighted by Crippen LogP contribution is 2.40. The van der Waals surface area contributed by atoms with Crippen LogP contribution in [-0.4, -0.2) is 49.5 Å². The van der Waals surface area contributed by atoms with Crippen LogP contribution in [0, 0.1) is 11.8 Å². The van der Waals surface area contributed by atoms with Gasteiger partial charge in [0.05, 0.1) is 6.61 Å². The topological polar surface area (TPSA) is 59.0 Å². The van der Waals surface area contributed by atoms with Gasteiger partial charge in [0.2, 0.25) is 6.29 Å². The number of hydrogen-bond donors (Lipinski definition) is 1. The predicted octanol–water partition coefficient (Wildman–Crippen LogP) is 1.91. The highest BCUT2D eigenvalue weighted by molar-refractivity contribution is 5.91. The molecule has 5 nitrogen and oxygen atoms in total. The third kappa shape index (κ3) is 4.45. The summed E-state index contributed by atoms with van der Waals surface area (Å²) in [6, 6.07) is 0. The number of aliphatic hydroxyl groups excluding tert-OH is 1. The molecule has 1 N–H and O–H groups in total. The fourth-order valence-electron chi connectivity index (χ4n) is 2.78. The summed E-state index contributed by atoms with van der Waals surface area (Å²) in [6.45, 7) is 0.746. The van der Waals surface area contributed by atoms with Gasteiger partial charge in [0.25, 0.3) is 5.91 Å². The van der Waals surface area contributed by atoms with Crippen molar-refractivity contribution in [3.05, 3.63) is 11.8 Å². The van der Waals surface area contributed by atoms with E-state index in [0.29, 0.717) is 24.2 Å². The highest BCUT2D eigenvalue weighted by atomic mass is 16.7. The van der Waals surface area contributed by atoms with Gasteiger partial charge < -0.3 is 19.5 Å². The molecule has 0 radical (unpaired) electrons. The maximum absolute atomic E-state index is 12.1. The molecule has 0 aromatic rings. The van der Waals surface area contributed by atoms with Crippen molar-refractivity contribution in [2.45, 2.75) is 44.8 Å². The van der Waals surface area contributed by atoms with Crippen molar-refractivity contribution < 1.29 is 19.4 Å². The van der Waals surface area contributed by atoms with Crippen molar-refractivity contribution in [2.75, 3.05) is 27.3 Å². The van der Waals surface area contributed by atoms with Gasteiger partial charge in [-0.05, 0) is 43.6 Å². The summed E-state index contributed by atoms with van der Waals surface area (Å²) in [7, 11) is 3.47. The summed E-state index contributed by atoms with van der Waals surface area (Å²) >= 11 is 0. The van der Waals surface area contributed by atoms with Crippen LogP contribution in [0.2, 0.25) is 0 Å². The summed E-state index contributed by atoms with van der Waals surface area (Å²) < 4.78 is 11.5. The Labute approximate surface area is 126 Å². The SMILES string of the molecule is CN(C)C(=O)C1=C[C@H](C2CCC2)C[C@H](OCCCCO)O1. The summed E-state index contributed by atoms with van der Waals surface area (Å²) in [4.78, 5) is 13.7. The van der Waals surface area contributed by atoms with E-state index in [1.54, 1.807) is 14.1 Å². The molecule has 0 bridgehead atoms. The maximum Gasteiger partial charge on any atom is 0.288 e. The van der Waals surface area contributed by atoms with Crippen LogP contribution < -0.4 is 0 Å². The quantitative estimate of drug-likeness (QED) is 0.729. The van der Waals surface area contributed by atoms with E-state index in [9.17, 15) is 4.79 Å². The maximum atomic E-state index is 12.1. The third-order valence-electron chi connectivity index (χ3n) is 4.32. The second-order valence-electron chi connectivity index (χ2n) is 6.17. The zero-order valence-corrected chi connectivity index (χ0v) is 13.1. The number of amides is 1. The molecule has 1 aliphatic carbocycles. The summed E-state index contributed by atoms with van der Waals surface area (Å²) in [5.41, 5.74) is 0. The van der Waals surface area contributed by atoms with Crippen molar-refractivity contribution in [2.24, 2.45) is 11.8 Å². The molecule has 1 fully saturated rings. The first kappa shape index (κ1) is 16.3. The standard InChI is InChI=1S/C16H27NO4/c1-17(2)16(19)14-10-13(12-6-5-7-12)11-15(21-14)20-9-4-3-8-18/h10,12-13,15,18H,3-9,11H2,1-2H3/t13-,15+/m0/s1. The smallest absolute Gasteiger partial charge is 0.288 e. The molecule has 5 heteroatoms. The van der Waals surface area contributed by atoms with Crippen LogP contribution in [0.5, 0.6) is 0 Å². The first-order chi connectivity index (χ1) is 10.1. The summed E-state index contributed by atoms with van der Waals surface area (Å²) in [5.74, 6) is 1.38. The Morgan fingerprint density at radius 2 is 2.19 bits per heavy atom. The number of carbonyl (C=O) groups excluding carboxylic acids is 1. The molecule has 0 unspecified atom stereocenters. The number of ether oxygens (including phenoxy) is 2. The van der Waals surface area contributed by atoms with Crippen LogP contribution >= 0.6 is 0 Å². The zero-order valence-electron chi connectivity index (χ0n) is 13.1. The first-order valence-electron chi connectivity index (χ1n) is 7.94. The van der Waals surface area contributed by atoms with Gasteiger partial charge in [0.15, 0.2) is 5.76 Å². The van der Waals surface area contributed by atoms with Crippen molar-refractivity contribution >= 4 is 5.91 Å². The Balaban J connectivity index is 1.94. The molecule has 2 atom stereocenters. The minimum atomic E-state index is -0.335. The van der Waals surface area contributed by atoms with Crippen LogP contribution in [0.1, 0.15) is 38.5 Å². The van der Waals surface area contributed by atoms with Crippen LogP contribution in [-0.2, 0) is 14.3 Å². The molecule has 1 amide bonds. The zero-order chi connectivity index (χ0) is 15.2. The second-order valence-corrected chi connectivity index (χ2v) is 6.17. The van der Waals surface area contributed by atoms with Gasteiger partial charge in [-0.15, -0.1) is 0 Å². The van der Waals surface area contributed by atoms with Crippen LogP contribution in [0.25, 0.3) is 0 Å². The molecule has 0 spiro atoms. The molecular formula is C16H27NO4. The fraction of sp³-hybridized carbons (Fsp3) is 0.812. The minimum absolute atomic E-state index is 0.0945. The molecule has 0 saturated heterocycles. The van der Waals surface area contributed by atoms with Gasteiger partial charge in [0, 0.05) is 27.1 Å². The van der Waals surface area contributed by atoms with E-state index in [1.165, 1.54) is 24.2 Å². The van der Waals surface area contributed by atoms with Gasteiger partial charge in [0.1, 0.15) is 0 Å². The Hall–Kier alpha value is -1.07. The number of likely N-dealkylation sites (N-methyl/N-ethyl adjacent to an activating group) is 1. The van der Waals surface area contributed by atoms with Crippen LogP contribution in [0.3, 0.4) is 0 Å². The van der Waals surface area contributed by atoms with E-state index < -0.39 is 0 Å². The largest absolute Gasteiger partial charge is 0.459 e. The first-order valence-corrected chi connectivity index (χ1v) is 7.94. The van der Waals surface area contributed by atoms with Crippen LogP contribution in [0.15, 0.2) is 11.8 Å². The summed E-state index contributed by atoms with van der Waals surface area (Å²) in [5, 5.41) is 8.79. The number of hydrogen-bond acceptors (Lipinski definition) is 4. The molecular weight excluding hydrogens is 270 g/mol. The van der Waals surface area contributed by atoms with Crippen molar-refractivity contribution in [3.63, 3.8) is 0 Å². The fourth-order valence-corrected chi connectivity index (χ4v) is 2.78. The molecule has 1 aliphatic heterocycles. The van der Waals surface area contributed by atoms with E-state index in [2.05, 4.69) is 0 Å². The molecule has 1 saturated carbocycles. The predicted molar refractivity (Wildman–Crippen MR) is 79.4 cm³/mol. The van der Waals surface area contributed by atoms with Gasteiger partial charge >= 0.3 is 0 Å². The molecule has 120 valence electrons. The Bertz CT molecular complexity index is 376. The normalized spacial score (nSPS) is 25.8. The lowest BCUT2D eigenvalue weighted by molar-refractivity contribution is -0.156. The monoisotopic (exact) mass is 297 g/mol. The molecule has 1 heterocycles. The Morgan fingerprint density at radius 1 is 1.43 bits per heavy atom. The molecule has 0 aromatic heterocycles. The van der Waals surface area contributed by atoms with E-state index in [1.807, 2.05) is 6.08 Å². The minimum Gasteiger partial charge on any atom is -0.459 e. The lowest BCUT2D eigenvalue weighted by atomic mass is 9.73. The van der Waals surface area contributed by atoms with E-state index in [-0.39, 0.29) is 18.8 Å². The van der Waals surface area contributed by atoms with Crippen molar-refractivity contribution in [1.29, 1.82) is 0 Å². The van der Waals surface area contributed by atoms with E-state index in [4.69, 9.17) is 14.6 Å². The number of unbranched alkanes of at least 4 members (excludes halogenated alkanes) is 1. The molecule has 2 aliphatic rings. The Morgan fingerprint density at radius 3 is 2.76 bits per heavy atom. The van der Waals surface area contributed by atoms with Crippen molar-refractivity contribution in [3.8, 4) is 0 Å². The average molecular weight is 297 g/mol. The van der Waals surface area contributed by atoms with Gasteiger partial charge in [-0.3, -0.25) is 4.79 Å². The number of aliphatic hydroxyl groups is 1. The average Bonchev–Trinajstić information content (AvgIpc) is 2.40. The molecule has 21 heavy (non-hydrogen) atoms. The van der Waals surface area contributed by atoms with Gasteiger partial charge in [-0.1, -0.05) is 6.42 Å².